The zero-order valence-electron chi connectivity index (χ0n) is 8.07. The molecule has 4 heteroatoms. The molecule has 78 valence electrons. The zero-order valence-corrected chi connectivity index (χ0v) is 8.07. The van der Waals surface area contributed by atoms with Crippen LogP contribution in [0.3, 0.4) is 0 Å². The molecule has 1 aromatic rings. The van der Waals surface area contributed by atoms with Crippen LogP contribution in [0.5, 0.6) is 0 Å². The molecule has 0 saturated heterocycles. The third-order valence-corrected chi connectivity index (χ3v) is 2.53. The van der Waals surface area contributed by atoms with Crippen molar-refractivity contribution >= 4 is 12.2 Å². The summed E-state index contributed by atoms with van der Waals surface area (Å²) in [6.45, 7) is 0.587. The summed E-state index contributed by atoms with van der Waals surface area (Å²) in [5, 5.41) is 0. The number of aldehydes is 1. The number of halogens is 1. The van der Waals surface area contributed by atoms with Gasteiger partial charge < -0.3 is 9.69 Å². The lowest BCUT2D eigenvalue weighted by atomic mass is 9.99. The van der Waals surface area contributed by atoms with Gasteiger partial charge in [0.2, 0.25) is 0 Å². The summed E-state index contributed by atoms with van der Waals surface area (Å²) in [5.41, 5.74) is 1.23. The molecule has 0 aromatic heterocycles. The molecular formula is C11H10FNO2. The number of hydrogen-bond acceptors (Lipinski definition) is 2. The molecule has 0 spiro atoms. The van der Waals surface area contributed by atoms with Crippen molar-refractivity contribution in [1.29, 1.82) is 0 Å². The molecule has 1 aliphatic heterocycles. The molecule has 1 aromatic carbocycles. The molecule has 3 nitrogen and oxygen atoms in total. The highest BCUT2D eigenvalue weighted by molar-refractivity contribution is 5.97. The van der Waals surface area contributed by atoms with Crippen molar-refractivity contribution in [2.24, 2.45) is 0 Å². The Hall–Kier alpha value is -1.71. The van der Waals surface area contributed by atoms with Crippen molar-refractivity contribution in [3.05, 3.63) is 35.1 Å². The van der Waals surface area contributed by atoms with Crippen LogP contribution in [0.4, 0.5) is 4.39 Å². The van der Waals surface area contributed by atoms with Crippen molar-refractivity contribution in [1.82, 2.24) is 4.90 Å². The Labute approximate surface area is 86.5 Å². The van der Waals surface area contributed by atoms with Crippen molar-refractivity contribution in [3.63, 3.8) is 0 Å². The fraction of sp³-hybridized carbons (Fsp3) is 0.273. The summed E-state index contributed by atoms with van der Waals surface area (Å²) < 4.78 is 12.9. The van der Waals surface area contributed by atoms with Crippen molar-refractivity contribution in [2.75, 3.05) is 13.1 Å². The molecule has 0 bridgehead atoms. The number of fused-ring (bicyclic) bond motifs is 1. The smallest absolute Gasteiger partial charge is 0.254 e. The van der Waals surface area contributed by atoms with E-state index in [-0.39, 0.29) is 18.3 Å². The van der Waals surface area contributed by atoms with Crippen LogP contribution in [0.15, 0.2) is 18.2 Å². The second-order valence-corrected chi connectivity index (χ2v) is 3.47. The van der Waals surface area contributed by atoms with Crippen LogP contribution >= 0.6 is 0 Å². The number of carbonyl (C=O) groups excluding carboxylic acids is 2. The first-order valence-corrected chi connectivity index (χ1v) is 4.73. The Morgan fingerprint density at radius 3 is 3.00 bits per heavy atom. The monoisotopic (exact) mass is 207 g/mol. The molecule has 0 aliphatic carbocycles. The van der Waals surface area contributed by atoms with Crippen LogP contribution in [0.2, 0.25) is 0 Å². The summed E-state index contributed by atoms with van der Waals surface area (Å²) in [6, 6.07) is 4.12. The molecule has 1 heterocycles. The van der Waals surface area contributed by atoms with E-state index in [4.69, 9.17) is 0 Å². The van der Waals surface area contributed by atoms with Gasteiger partial charge in [-0.25, -0.2) is 4.39 Å². The highest BCUT2D eigenvalue weighted by Gasteiger charge is 2.23. The van der Waals surface area contributed by atoms with E-state index in [0.717, 1.165) is 5.56 Å². The molecular weight excluding hydrogens is 197 g/mol. The Morgan fingerprint density at radius 1 is 1.47 bits per heavy atom. The first-order valence-electron chi connectivity index (χ1n) is 4.73. The van der Waals surface area contributed by atoms with E-state index in [2.05, 4.69) is 0 Å². The Kier molecular flexibility index (Phi) is 2.49. The number of rotatable bonds is 2. The van der Waals surface area contributed by atoms with E-state index >= 15 is 0 Å². The van der Waals surface area contributed by atoms with Gasteiger partial charge in [0.25, 0.3) is 5.91 Å². The average Bonchev–Trinajstić information content (AvgIpc) is 2.22. The van der Waals surface area contributed by atoms with Gasteiger partial charge in [-0.2, -0.15) is 0 Å². The quantitative estimate of drug-likeness (QED) is 0.679. The Morgan fingerprint density at radius 2 is 2.27 bits per heavy atom. The normalized spacial score (nSPS) is 15.0. The van der Waals surface area contributed by atoms with Crippen LogP contribution in [0.1, 0.15) is 15.9 Å². The zero-order chi connectivity index (χ0) is 10.8. The minimum atomic E-state index is -0.328. The fourth-order valence-corrected chi connectivity index (χ4v) is 1.77. The number of carbonyl (C=O) groups is 2. The van der Waals surface area contributed by atoms with E-state index < -0.39 is 0 Å². The van der Waals surface area contributed by atoms with Crippen LogP contribution in [0.25, 0.3) is 0 Å². The molecule has 0 saturated carbocycles. The van der Waals surface area contributed by atoms with Gasteiger partial charge in [-0.15, -0.1) is 0 Å². The van der Waals surface area contributed by atoms with Crippen molar-refractivity contribution < 1.29 is 14.0 Å². The lowest BCUT2D eigenvalue weighted by molar-refractivity contribution is -0.108. The lowest BCUT2D eigenvalue weighted by Crippen LogP contribution is -2.38. The van der Waals surface area contributed by atoms with Gasteiger partial charge in [-0.05, 0) is 30.2 Å². The number of nitrogens with zero attached hydrogens (tertiary/aromatic N) is 1. The second kappa shape index (κ2) is 3.81. The van der Waals surface area contributed by atoms with E-state index in [9.17, 15) is 14.0 Å². The summed E-state index contributed by atoms with van der Waals surface area (Å²) in [4.78, 5) is 23.6. The van der Waals surface area contributed by atoms with Gasteiger partial charge in [0.05, 0.1) is 6.54 Å². The molecule has 0 radical (unpaired) electrons. The van der Waals surface area contributed by atoms with Crippen molar-refractivity contribution in [2.45, 2.75) is 6.42 Å². The van der Waals surface area contributed by atoms with Gasteiger partial charge in [-0.3, -0.25) is 4.79 Å². The van der Waals surface area contributed by atoms with Crippen LogP contribution in [0, 0.1) is 5.82 Å². The molecule has 1 amide bonds. The maximum atomic E-state index is 12.9. The largest absolute Gasteiger partial charge is 0.331 e. The SMILES string of the molecule is O=CCN1CCc2cc(F)ccc2C1=O. The van der Waals surface area contributed by atoms with Gasteiger partial charge in [0.1, 0.15) is 12.1 Å². The van der Waals surface area contributed by atoms with Gasteiger partial charge >= 0.3 is 0 Å². The van der Waals surface area contributed by atoms with Gasteiger partial charge in [0, 0.05) is 12.1 Å². The second-order valence-electron chi connectivity index (χ2n) is 3.47. The maximum Gasteiger partial charge on any atom is 0.254 e. The predicted molar refractivity (Wildman–Crippen MR) is 52.1 cm³/mol. The minimum Gasteiger partial charge on any atom is -0.331 e. The lowest BCUT2D eigenvalue weighted by Gasteiger charge is -2.26. The van der Waals surface area contributed by atoms with Gasteiger partial charge in [-0.1, -0.05) is 0 Å². The Balaban J connectivity index is 2.34. The summed E-state index contributed by atoms with van der Waals surface area (Å²) in [7, 11) is 0. The highest BCUT2D eigenvalue weighted by Crippen LogP contribution is 2.19. The van der Waals surface area contributed by atoms with E-state index in [0.29, 0.717) is 24.8 Å². The first-order chi connectivity index (χ1) is 7.22. The molecule has 0 atom stereocenters. The van der Waals surface area contributed by atoms with E-state index in [1.165, 1.54) is 23.1 Å². The molecule has 1 aliphatic rings. The summed E-state index contributed by atoms with van der Waals surface area (Å²) in [6.07, 6.45) is 1.30. The standard InChI is InChI=1S/C11H10FNO2/c12-9-1-2-10-8(7-9)3-4-13(5-6-14)11(10)15/h1-2,6-7H,3-5H2. The van der Waals surface area contributed by atoms with E-state index in [1.807, 2.05) is 0 Å². The van der Waals surface area contributed by atoms with Crippen LogP contribution in [-0.2, 0) is 11.2 Å². The molecule has 0 fully saturated rings. The Bertz CT molecular complexity index is 417. The number of benzene rings is 1. The fourth-order valence-electron chi connectivity index (χ4n) is 1.77. The molecule has 0 N–H and O–H groups in total. The molecule has 2 rings (SSSR count). The molecule has 15 heavy (non-hydrogen) atoms. The maximum absolute atomic E-state index is 12.9. The minimum absolute atomic E-state index is 0.107. The average molecular weight is 207 g/mol. The van der Waals surface area contributed by atoms with Crippen LogP contribution in [-0.4, -0.2) is 30.2 Å². The third kappa shape index (κ3) is 1.75. The molecule has 0 unspecified atom stereocenters. The van der Waals surface area contributed by atoms with Crippen LogP contribution < -0.4 is 0 Å². The van der Waals surface area contributed by atoms with E-state index in [1.54, 1.807) is 0 Å². The summed E-state index contributed by atoms with van der Waals surface area (Å²) >= 11 is 0. The third-order valence-electron chi connectivity index (χ3n) is 2.53. The highest BCUT2D eigenvalue weighted by atomic mass is 19.1. The van der Waals surface area contributed by atoms with Gasteiger partial charge in [0.15, 0.2) is 0 Å². The number of hydrogen-bond donors (Lipinski definition) is 0. The topological polar surface area (TPSA) is 37.4 Å². The number of amides is 1. The summed E-state index contributed by atoms with van der Waals surface area (Å²) in [5.74, 6) is -0.520. The predicted octanol–water partition coefficient (Wildman–Crippen LogP) is 1.02. The first kappa shape index (κ1) is 9.83. The van der Waals surface area contributed by atoms with Crippen molar-refractivity contribution in [3.8, 4) is 0 Å².